The molecule has 2 nitrogen and oxygen atoms in total. The van der Waals surface area contributed by atoms with E-state index in [1.54, 1.807) is 7.11 Å². The van der Waals surface area contributed by atoms with Gasteiger partial charge in [0.25, 0.3) is 0 Å². The Balaban J connectivity index is 2.29. The third kappa shape index (κ3) is 3.54. The first-order valence-electron chi connectivity index (χ1n) is 6.35. The van der Waals surface area contributed by atoms with E-state index in [1.807, 2.05) is 30.3 Å². The van der Waals surface area contributed by atoms with E-state index >= 15 is 0 Å². The van der Waals surface area contributed by atoms with E-state index in [-0.39, 0.29) is 6.04 Å². The van der Waals surface area contributed by atoms with Crippen molar-refractivity contribution in [2.45, 2.75) is 19.4 Å². The molecule has 0 spiro atoms. The van der Waals surface area contributed by atoms with E-state index in [1.165, 1.54) is 5.56 Å². The third-order valence-corrected chi connectivity index (χ3v) is 4.07. The quantitative estimate of drug-likeness (QED) is 0.866. The Morgan fingerprint density at radius 3 is 2.70 bits per heavy atom. The number of benzene rings is 2. The Labute approximate surface area is 133 Å². The van der Waals surface area contributed by atoms with Crippen LogP contribution in [0.15, 0.2) is 40.9 Å². The largest absolute Gasteiger partial charge is 0.496 e. The molecule has 4 heteroatoms. The van der Waals surface area contributed by atoms with E-state index < -0.39 is 0 Å². The molecular weight excluding hydrogens is 338 g/mol. The van der Waals surface area contributed by atoms with Crippen molar-refractivity contribution in [2.24, 2.45) is 5.73 Å². The number of methoxy groups -OCH3 is 1. The van der Waals surface area contributed by atoms with Gasteiger partial charge in [-0.3, -0.25) is 0 Å². The summed E-state index contributed by atoms with van der Waals surface area (Å²) in [5.74, 6) is 0.858. The summed E-state index contributed by atoms with van der Waals surface area (Å²) < 4.78 is 6.37. The SMILES string of the molecule is COc1ccc(C)cc1CC(N)c1cc(Br)ccc1Cl. The normalized spacial score (nSPS) is 12.2. The molecule has 2 aromatic rings. The number of hydrogen-bond donors (Lipinski definition) is 1. The number of aryl methyl sites for hydroxylation is 1. The van der Waals surface area contributed by atoms with Gasteiger partial charge in [0.15, 0.2) is 0 Å². The van der Waals surface area contributed by atoms with Gasteiger partial charge in [0.1, 0.15) is 5.75 Å². The van der Waals surface area contributed by atoms with Gasteiger partial charge in [-0.25, -0.2) is 0 Å². The smallest absolute Gasteiger partial charge is 0.122 e. The first-order valence-corrected chi connectivity index (χ1v) is 7.52. The summed E-state index contributed by atoms with van der Waals surface area (Å²) >= 11 is 9.68. The van der Waals surface area contributed by atoms with Crippen molar-refractivity contribution >= 4 is 27.5 Å². The van der Waals surface area contributed by atoms with E-state index in [9.17, 15) is 0 Å². The minimum absolute atomic E-state index is 0.171. The van der Waals surface area contributed by atoms with Gasteiger partial charge in [-0.15, -0.1) is 0 Å². The molecule has 0 aromatic heterocycles. The van der Waals surface area contributed by atoms with Crippen LogP contribution in [0.5, 0.6) is 5.75 Å². The molecule has 0 radical (unpaired) electrons. The van der Waals surface area contributed by atoms with E-state index in [0.717, 1.165) is 21.3 Å². The topological polar surface area (TPSA) is 35.2 Å². The fraction of sp³-hybridized carbons (Fsp3) is 0.250. The molecule has 2 N–H and O–H groups in total. The van der Waals surface area contributed by atoms with Gasteiger partial charge in [-0.2, -0.15) is 0 Å². The molecule has 1 atom stereocenters. The summed E-state index contributed by atoms with van der Waals surface area (Å²) in [4.78, 5) is 0. The van der Waals surface area contributed by atoms with Crippen molar-refractivity contribution in [1.82, 2.24) is 0 Å². The first kappa shape index (κ1) is 15.4. The van der Waals surface area contributed by atoms with Crippen molar-refractivity contribution in [2.75, 3.05) is 7.11 Å². The second-order valence-electron chi connectivity index (χ2n) is 4.79. The fourth-order valence-electron chi connectivity index (χ4n) is 2.21. The van der Waals surface area contributed by atoms with Crippen LogP contribution in [-0.2, 0) is 6.42 Å². The number of halogens is 2. The predicted molar refractivity (Wildman–Crippen MR) is 87.5 cm³/mol. The minimum Gasteiger partial charge on any atom is -0.496 e. The van der Waals surface area contributed by atoms with Crippen LogP contribution in [0.25, 0.3) is 0 Å². The van der Waals surface area contributed by atoms with Crippen LogP contribution < -0.4 is 10.5 Å². The number of rotatable bonds is 4. The van der Waals surface area contributed by atoms with Crippen LogP contribution in [0.3, 0.4) is 0 Å². The maximum Gasteiger partial charge on any atom is 0.122 e. The van der Waals surface area contributed by atoms with E-state index in [2.05, 4.69) is 28.9 Å². The van der Waals surface area contributed by atoms with E-state index in [4.69, 9.17) is 22.1 Å². The van der Waals surface area contributed by atoms with Crippen LogP contribution in [0.4, 0.5) is 0 Å². The van der Waals surface area contributed by atoms with Crippen LogP contribution in [0, 0.1) is 6.92 Å². The summed E-state index contributed by atoms with van der Waals surface area (Å²) in [5.41, 5.74) is 9.53. The molecule has 0 aliphatic rings. The highest BCUT2D eigenvalue weighted by Crippen LogP contribution is 2.30. The molecule has 20 heavy (non-hydrogen) atoms. The number of hydrogen-bond acceptors (Lipinski definition) is 2. The van der Waals surface area contributed by atoms with Gasteiger partial charge in [0.2, 0.25) is 0 Å². The van der Waals surface area contributed by atoms with Gasteiger partial charge in [0, 0.05) is 15.5 Å². The highest BCUT2D eigenvalue weighted by molar-refractivity contribution is 9.10. The lowest BCUT2D eigenvalue weighted by Crippen LogP contribution is -2.14. The zero-order valence-corrected chi connectivity index (χ0v) is 13.8. The summed E-state index contributed by atoms with van der Waals surface area (Å²) in [6.07, 6.45) is 0.682. The van der Waals surface area contributed by atoms with Crippen molar-refractivity contribution in [3.05, 3.63) is 62.6 Å². The maximum absolute atomic E-state index is 6.31. The van der Waals surface area contributed by atoms with Crippen LogP contribution in [0.1, 0.15) is 22.7 Å². The average molecular weight is 355 g/mol. The van der Waals surface area contributed by atoms with E-state index in [0.29, 0.717) is 11.4 Å². The Kier molecular flexibility index (Phi) is 5.08. The van der Waals surface area contributed by atoms with Crippen molar-refractivity contribution in [1.29, 1.82) is 0 Å². The molecule has 0 bridgehead atoms. The standard InChI is InChI=1S/C16H17BrClNO/c1-10-3-6-16(20-2)11(7-10)8-15(19)13-9-12(17)4-5-14(13)18/h3-7,9,15H,8,19H2,1-2H3. The van der Waals surface area contributed by atoms with Gasteiger partial charge in [-0.05, 0) is 48.7 Å². The summed E-state index contributed by atoms with van der Waals surface area (Å²) in [7, 11) is 1.67. The van der Waals surface area contributed by atoms with Crippen LogP contribution in [-0.4, -0.2) is 7.11 Å². The second-order valence-corrected chi connectivity index (χ2v) is 6.11. The van der Waals surface area contributed by atoms with Crippen molar-refractivity contribution < 1.29 is 4.74 Å². The van der Waals surface area contributed by atoms with Gasteiger partial charge >= 0.3 is 0 Å². The average Bonchev–Trinajstić information content (AvgIpc) is 2.41. The van der Waals surface area contributed by atoms with Crippen LogP contribution >= 0.6 is 27.5 Å². The Morgan fingerprint density at radius 2 is 2.00 bits per heavy atom. The lowest BCUT2D eigenvalue weighted by Gasteiger charge is -2.16. The molecule has 1 unspecified atom stereocenters. The lowest BCUT2D eigenvalue weighted by atomic mass is 9.98. The monoisotopic (exact) mass is 353 g/mol. The van der Waals surface area contributed by atoms with Gasteiger partial charge in [0.05, 0.1) is 7.11 Å². The third-order valence-electron chi connectivity index (χ3n) is 3.23. The Hall–Kier alpha value is -1.03. The summed E-state index contributed by atoms with van der Waals surface area (Å²) in [6.45, 7) is 2.06. The minimum atomic E-state index is -0.171. The molecule has 0 heterocycles. The summed E-state index contributed by atoms with van der Waals surface area (Å²) in [5, 5.41) is 0.687. The Morgan fingerprint density at radius 1 is 1.25 bits per heavy atom. The molecule has 0 aliphatic heterocycles. The van der Waals surface area contributed by atoms with Gasteiger partial charge in [-0.1, -0.05) is 45.2 Å². The fourth-order valence-corrected chi connectivity index (χ4v) is 2.85. The predicted octanol–water partition coefficient (Wildman–Crippen LogP) is 4.66. The maximum atomic E-state index is 6.31. The zero-order chi connectivity index (χ0) is 14.7. The molecule has 106 valence electrons. The number of ether oxygens (including phenoxy) is 1. The highest BCUT2D eigenvalue weighted by atomic mass is 79.9. The molecule has 0 amide bonds. The molecule has 0 fully saturated rings. The Bertz CT molecular complexity index is 615. The van der Waals surface area contributed by atoms with Crippen molar-refractivity contribution in [3.63, 3.8) is 0 Å². The molecular formula is C16H17BrClNO. The molecule has 2 rings (SSSR count). The van der Waals surface area contributed by atoms with Gasteiger partial charge < -0.3 is 10.5 Å². The zero-order valence-electron chi connectivity index (χ0n) is 11.5. The number of nitrogens with two attached hydrogens (primary N) is 1. The molecule has 0 aliphatic carbocycles. The first-order chi connectivity index (χ1) is 9.51. The van der Waals surface area contributed by atoms with Crippen molar-refractivity contribution in [3.8, 4) is 5.75 Å². The molecule has 2 aromatic carbocycles. The second kappa shape index (κ2) is 6.61. The molecule has 0 saturated carbocycles. The highest BCUT2D eigenvalue weighted by Gasteiger charge is 2.14. The molecule has 0 saturated heterocycles. The summed E-state index contributed by atoms with van der Waals surface area (Å²) in [6, 6.07) is 11.7. The lowest BCUT2D eigenvalue weighted by molar-refractivity contribution is 0.408. The van der Waals surface area contributed by atoms with Crippen LogP contribution in [0.2, 0.25) is 5.02 Å².